The van der Waals surface area contributed by atoms with Gasteiger partial charge < -0.3 is 4.57 Å². The van der Waals surface area contributed by atoms with Crippen LogP contribution in [0.1, 0.15) is 17.8 Å². The molecule has 0 aliphatic heterocycles. The maximum atomic E-state index is 11.2. The van der Waals surface area contributed by atoms with Gasteiger partial charge in [0.15, 0.2) is 0 Å². The molecular formula is C14H16ClN3OS. The van der Waals surface area contributed by atoms with Gasteiger partial charge in [0.05, 0.1) is 11.1 Å². The fourth-order valence-corrected chi connectivity index (χ4v) is 2.94. The van der Waals surface area contributed by atoms with Gasteiger partial charge >= 0.3 is 0 Å². The summed E-state index contributed by atoms with van der Waals surface area (Å²) in [5, 5.41) is 9.15. The fraction of sp³-hybridized carbons (Fsp3) is 0.429. The second kappa shape index (κ2) is 6.87. The van der Waals surface area contributed by atoms with Crippen molar-refractivity contribution < 1.29 is 4.21 Å². The normalized spacial score (nSPS) is 12.4. The number of rotatable bonds is 6. The molecule has 1 atom stereocenters. The Balaban J connectivity index is 2.41. The Hall–Kier alpha value is -1.38. The molecule has 20 heavy (non-hydrogen) atoms. The summed E-state index contributed by atoms with van der Waals surface area (Å²) >= 11 is 5.83. The molecule has 1 heterocycles. The van der Waals surface area contributed by atoms with Crippen molar-refractivity contribution in [3.8, 4) is 6.07 Å². The average molecular weight is 310 g/mol. The highest BCUT2D eigenvalue weighted by Crippen LogP contribution is 2.21. The molecule has 4 nitrogen and oxygen atoms in total. The van der Waals surface area contributed by atoms with E-state index in [9.17, 15) is 4.21 Å². The van der Waals surface area contributed by atoms with E-state index in [2.05, 4.69) is 15.6 Å². The van der Waals surface area contributed by atoms with Gasteiger partial charge in [-0.3, -0.25) is 4.21 Å². The molecule has 0 spiro atoms. The average Bonchev–Trinajstić information content (AvgIpc) is 2.77. The van der Waals surface area contributed by atoms with Crippen LogP contribution in [0.2, 0.25) is 0 Å². The number of hydrogen-bond acceptors (Lipinski definition) is 3. The minimum atomic E-state index is -0.789. The molecule has 0 radical (unpaired) electrons. The highest BCUT2D eigenvalue weighted by molar-refractivity contribution is 7.84. The van der Waals surface area contributed by atoms with Crippen LogP contribution < -0.4 is 0 Å². The summed E-state index contributed by atoms with van der Waals surface area (Å²) in [6.07, 6.45) is 3.19. The van der Waals surface area contributed by atoms with Crippen LogP contribution in [-0.2, 0) is 23.8 Å². The maximum Gasteiger partial charge on any atom is 0.111 e. The summed E-state index contributed by atoms with van der Waals surface area (Å²) in [5.41, 5.74) is 2.26. The topological polar surface area (TPSA) is 58.7 Å². The lowest BCUT2D eigenvalue weighted by Gasteiger charge is -2.07. The first kappa shape index (κ1) is 15.0. The highest BCUT2D eigenvalue weighted by Gasteiger charge is 2.13. The third-order valence-corrected chi connectivity index (χ3v) is 4.16. The molecule has 2 aromatic rings. The van der Waals surface area contributed by atoms with Crippen molar-refractivity contribution in [2.75, 3.05) is 17.9 Å². The van der Waals surface area contributed by atoms with Crippen molar-refractivity contribution in [1.29, 1.82) is 5.26 Å². The molecule has 6 heteroatoms. The highest BCUT2D eigenvalue weighted by atomic mass is 35.5. The van der Waals surface area contributed by atoms with Gasteiger partial charge in [-0.05, 0) is 18.6 Å². The number of imidazole rings is 1. The van der Waals surface area contributed by atoms with Gasteiger partial charge in [-0.15, -0.1) is 11.6 Å². The number of fused-ring (bicyclic) bond motifs is 1. The number of benzene rings is 1. The second-order valence-electron chi connectivity index (χ2n) is 4.53. The first-order chi connectivity index (χ1) is 9.67. The summed E-state index contributed by atoms with van der Waals surface area (Å²) in [6, 6.07) is 7.76. The molecule has 1 aromatic carbocycles. The van der Waals surface area contributed by atoms with E-state index >= 15 is 0 Å². The summed E-state index contributed by atoms with van der Waals surface area (Å²) < 4.78 is 13.3. The summed E-state index contributed by atoms with van der Waals surface area (Å²) in [7, 11) is -0.789. The van der Waals surface area contributed by atoms with Crippen LogP contribution in [0.4, 0.5) is 0 Å². The molecule has 0 amide bonds. The molecule has 106 valence electrons. The lowest BCUT2D eigenvalue weighted by atomic mass is 10.2. The van der Waals surface area contributed by atoms with Crippen LogP contribution >= 0.6 is 11.6 Å². The Labute approximate surface area is 125 Å². The Kier molecular flexibility index (Phi) is 5.16. The number of alkyl halides is 1. The van der Waals surface area contributed by atoms with Gasteiger partial charge in [0.1, 0.15) is 17.4 Å². The van der Waals surface area contributed by atoms with E-state index in [0.717, 1.165) is 29.8 Å². The van der Waals surface area contributed by atoms with Crippen LogP contribution in [0.25, 0.3) is 11.0 Å². The quantitative estimate of drug-likeness (QED) is 0.770. The van der Waals surface area contributed by atoms with Crippen molar-refractivity contribution in [3.05, 3.63) is 29.6 Å². The Morgan fingerprint density at radius 1 is 1.50 bits per heavy atom. The summed E-state index contributed by atoms with van der Waals surface area (Å²) in [4.78, 5) is 4.55. The van der Waals surface area contributed by atoms with Gasteiger partial charge in [0.25, 0.3) is 0 Å². The van der Waals surface area contributed by atoms with E-state index < -0.39 is 10.8 Å². The lowest BCUT2D eigenvalue weighted by molar-refractivity contribution is 0.650. The molecule has 0 bridgehead atoms. The van der Waals surface area contributed by atoms with E-state index in [0.29, 0.717) is 23.6 Å². The lowest BCUT2D eigenvalue weighted by Crippen LogP contribution is -2.07. The fourth-order valence-electron chi connectivity index (χ4n) is 2.24. The van der Waals surface area contributed by atoms with Crippen molar-refractivity contribution in [3.63, 3.8) is 0 Å². The third-order valence-electron chi connectivity index (χ3n) is 3.11. The monoisotopic (exact) mass is 309 g/mol. The van der Waals surface area contributed by atoms with Crippen LogP contribution in [-0.4, -0.2) is 31.6 Å². The molecule has 0 N–H and O–H groups in total. The van der Waals surface area contributed by atoms with Gasteiger partial charge in [-0.1, -0.05) is 6.07 Å². The van der Waals surface area contributed by atoms with Crippen molar-refractivity contribution in [2.45, 2.75) is 19.4 Å². The summed E-state index contributed by atoms with van der Waals surface area (Å²) in [5.74, 6) is 2.04. The molecule has 0 aliphatic rings. The molecule has 0 saturated carbocycles. The Bertz CT molecular complexity index is 675. The number of aromatic nitrogens is 2. The number of para-hydroxylation sites is 1. The van der Waals surface area contributed by atoms with Crippen LogP contribution in [0, 0.1) is 11.3 Å². The van der Waals surface area contributed by atoms with E-state index in [4.69, 9.17) is 16.9 Å². The zero-order chi connectivity index (χ0) is 14.5. The maximum absolute atomic E-state index is 11.2. The number of nitrogens with zero attached hydrogens (tertiary/aromatic N) is 3. The second-order valence-corrected chi connectivity index (χ2v) is 6.47. The predicted molar refractivity (Wildman–Crippen MR) is 82.4 cm³/mol. The SMILES string of the molecule is CS(=O)CCCn1c(CCCl)nc2c(C#N)cccc21. The minimum Gasteiger partial charge on any atom is -0.328 e. The van der Waals surface area contributed by atoms with Crippen molar-refractivity contribution in [1.82, 2.24) is 9.55 Å². The number of aryl methyl sites for hydroxylation is 2. The van der Waals surface area contributed by atoms with E-state index in [-0.39, 0.29) is 0 Å². The number of hydrogen-bond donors (Lipinski definition) is 0. The standard InChI is InChI=1S/C14H16ClN3OS/c1-20(19)9-3-8-18-12-5-2-4-11(10-16)14(12)17-13(18)6-7-15/h2,4-5H,3,6-9H2,1H3. The molecule has 2 rings (SSSR count). The number of halogens is 1. The zero-order valence-corrected chi connectivity index (χ0v) is 12.9. The Morgan fingerprint density at radius 2 is 2.30 bits per heavy atom. The van der Waals surface area contributed by atoms with Gasteiger partial charge in [-0.2, -0.15) is 5.26 Å². The van der Waals surface area contributed by atoms with E-state index in [1.165, 1.54) is 0 Å². The van der Waals surface area contributed by atoms with Gasteiger partial charge in [0.2, 0.25) is 0 Å². The zero-order valence-electron chi connectivity index (χ0n) is 11.3. The Morgan fingerprint density at radius 3 is 2.95 bits per heavy atom. The smallest absolute Gasteiger partial charge is 0.111 e. The molecule has 0 saturated heterocycles. The molecule has 0 aliphatic carbocycles. The first-order valence-corrected chi connectivity index (χ1v) is 8.67. The van der Waals surface area contributed by atoms with Gasteiger partial charge in [-0.25, -0.2) is 4.98 Å². The first-order valence-electron chi connectivity index (χ1n) is 6.41. The van der Waals surface area contributed by atoms with Gasteiger partial charge in [0, 0.05) is 41.7 Å². The molecule has 1 unspecified atom stereocenters. The molecular weight excluding hydrogens is 294 g/mol. The minimum absolute atomic E-state index is 0.491. The van der Waals surface area contributed by atoms with Crippen LogP contribution in [0.5, 0.6) is 0 Å². The van der Waals surface area contributed by atoms with Crippen LogP contribution in [0.3, 0.4) is 0 Å². The molecule has 0 fully saturated rings. The van der Waals surface area contributed by atoms with Crippen LogP contribution in [0.15, 0.2) is 18.2 Å². The summed E-state index contributed by atoms with van der Waals surface area (Å²) in [6.45, 7) is 0.747. The molecule has 1 aromatic heterocycles. The largest absolute Gasteiger partial charge is 0.328 e. The predicted octanol–water partition coefficient (Wildman–Crippen LogP) is 2.46. The van der Waals surface area contributed by atoms with Crippen molar-refractivity contribution in [2.24, 2.45) is 0 Å². The number of nitriles is 1. The van der Waals surface area contributed by atoms with E-state index in [1.807, 2.05) is 12.1 Å². The van der Waals surface area contributed by atoms with Crippen molar-refractivity contribution >= 4 is 33.4 Å². The van der Waals surface area contributed by atoms with E-state index in [1.54, 1.807) is 12.3 Å². The third kappa shape index (κ3) is 3.20.